The van der Waals surface area contributed by atoms with Crippen LogP contribution in [0.25, 0.3) is 0 Å². The summed E-state index contributed by atoms with van der Waals surface area (Å²) >= 11 is 6.63. The zero-order valence-electron chi connectivity index (χ0n) is 4.10. The van der Waals surface area contributed by atoms with E-state index in [1.165, 1.54) is 5.57 Å². The lowest BCUT2D eigenvalue weighted by atomic mass is 10.3. The number of thioether (sulfide) groups is 1. The van der Waals surface area contributed by atoms with Gasteiger partial charge in [0.1, 0.15) is 0 Å². The summed E-state index contributed by atoms with van der Waals surface area (Å²) in [5.41, 5.74) is 1.40. The van der Waals surface area contributed by atoms with Gasteiger partial charge in [-0.25, -0.2) is 0 Å². The minimum absolute atomic E-state index is 1.04. The number of thiocarbonyl (C=S) groups is 1. The molecule has 0 aromatic rings. The van der Waals surface area contributed by atoms with Crippen molar-refractivity contribution < 1.29 is 0 Å². The van der Waals surface area contributed by atoms with Crippen LogP contribution >= 0.6 is 24.0 Å². The summed E-state index contributed by atoms with van der Waals surface area (Å²) in [6, 6.07) is 0. The molecule has 0 N–H and O–H groups in total. The van der Waals surface area contributed by atoms with Gasteiger partial charge >= 0.3 is 0 Å². The molecule has 0 aromatic carbocycles. The highest BCUT2D eigenvalue weighted by Crippen LogP contribution is 2.18. The predicted molar refractivity (Wildman–Crippen MR) is 38.8 cm³/mol. The normalized spacial score (nSPS) is 20.1. The van der Waals surface area contributed by atoms with E-state index in [9.17, 15) is 0 Å². The molecule has 0 radical (unpaired) electrons. The van der Waals surface area contributed by atoms with Crippen molar-refractivity contribution in [1.82, 2.24) is 0 Å². The van der Waals surface area contributed by atoms with Crippen molar-refractivity contribution in [2.45, 2.75) is 6.92 Å². The molecule has 1 heterocycles. The predicted octanol–water partition coefficient (Wildman–Crippen LogP) is 2.01. The summed E-state index contributed by atoms with van der Waals surface area (Å²) in [5, 5.41) is 0. The van der Waals surface area contributed by atoms with Crippen LogP contribution in [0.4, 0.5) is 0 Å². The molecule has 38 valence electrons. The summed E-state index contributed by atoms with van der Waals surface area (Å²) in [4.78, 5) is 0. The molecule has 0 bridgehead atoms. The van der Waals surface area contributed by atoms with Crippen LogP contribution in [0.2, 0.25) is 0 Å². The number of hydrogen-bond donors (Lipinski definition) is 0. The summed E-state index contributed by atoms with van der Waals surface area (Å²) in [6.45, 7) is 2.10. The summed E-state index contributed by atoms with van der Waals surface area (Å²) in [6.07, 6.45) is 2.06. The zero-order chi connectivity index (χ0) is 5.28. The van der Waals surface area contributed by atoms with Gasteiger partial charge < -0.3 is 0 Å². The third kappa shape index (κ3) is 1.28. The van der Waals surface area contributed by atoms with Gasteiger partial charge in [-0.1, -0.05) is 17.8 Å². The molecule has 7 heavy (non-hydrogen) atoms. The molecule has 0 saturated heterocycles. The first-order valence-corrected chi connectivity index (χ1v) is 3.52. The Morgan fingerprint density at radius 3 is 2.71 bits per heavy atom. The standard InChI is InChI=1S/C5H6S2/c1-4-2-5(6)7-3-4/h2H,3H2,1H3. The zero-order valence-corrected chi connectivity index (χ0v) is 5.73. The van der Waals surface area contributed by atoms with Gasteiger partial charge in [0.15, 0.2) is 0 Å². The van der Waals surface area contributed by atoms with E-state index in [2.05, 4.69) is 13.0 Å². The van der Waals surface area contributed by atoms with Gasteiger partial charge in [0.25, 0.3) is 0 Å². The number of hydrogen-bond acceptors (Lipinski definition) is 2. The van der Waals surface area contributed by atoms with Crippen molar-refractivity contribution in [2.24, 2.45) is 0 Å². The fraction of sp³-hybridized carbons (Fsp3) is 0.400. The van der Waals surface area contributed by atoms with Gasteiger partial charge in [-0.3, -0.25) is 0 Å². The Morgan fingerprint density at radius 1 is 1.86 bits per heavy atom. The second-order valence-electron chi connectivity index (χ2n) is 1.60. The van der Waals surface area contributed by atoms with Gasteiger partial charge in [-0.2, -0.15) is 0 Å². The maximum Gasteiger partial charge on any atom is 0.0708 e. The molecule has 0 spiro atoms. The van der Waals surface area contributed by atoms with E-state index in [1.54, 1.807) is 11.8 Å². The highest BCUT2D eigenvalue weighted by Gasteiger charge is 2.02. The monoisotopic (exact) mass is 130 g/mol. The Morgan fingerprint density at radius 2 is 2.57 bits per heavy atom. The highest BCUT2D eigenvalue weighted by atomic mass is 32.2. The van der Waals surface area contributed by atoms with E-state index >= 15 is 0 Å². The largest absolute Gasteiger partial charge is 0.110 e. The molecule has 0 aliphatic carbocycles. The van der Waals surface area contributed by atoms with Crippen LogP contribution in [-0.4, -0.2) is 9.95 Å². The lowest BCUT2D eigenvalue weighted by molar-refractivity contribution is 1.44. The first-order valence-electron chi connectivity index (χ1n) is 2.13. The van der Waals surface area contributed by atoms with Crippen LogP contribution in [0.1, 0.15) is 6.92 Å². The minimum atomic E-state index is 1.04. The minimum Gasteiger partial charge on any atom is -0.110 e. The first kappa shape index (κ1) is 5.32. The van der Waals surface area contributed by atoms with E-state index in [4.69, 9.17) is 12.2 Å². The lowest BCUT2D eigenvalue weighted by Crippen LogP contribution is -1.67. The SMILES string of the molecule is CC1=CC(=S)SC1. The van der Waals surface area contributed by atoms with E-state index < -0.39 is 0 Å². The Bertz CT molecular complexity index is 124. The van der Waals surface area contributed by atoms with E-state index in [0.717, 1.165) is 9.95 Å². The van der Waals surface area contributed by atoms with Crippen LogP contribution in [0, 0.1) is 0 Å². The molecule has 2 heteroatoms. The summed E-state index contributed by atoms with van der Waals surface area (Å²) in [5.74, 6) is 1.11. The maximum atomic E-state index is 4.88. The van der Waals surface area contributed by atoms with Gasteiger partial charge in [-0.15, -0.1) is 11.8 Å². The van der Waals surface area contributed by atoms with Crippen molar-refractivity contribution in [3.8, 4) is 0 Å². The second kappa shape index (κ2) is 1.97. The molecule has 0 nitrogen and oxygen atoms in total. The van der Waals surface area contributed by atoms with Crippen LogP contribution in [0.5, 0.6) is 0 Å². The first-order chi connectivity index (χ1) is 3.29. The fourth-order valence-corrected chi connectivity index (χ4v) is 1.59. The summed E-state index contributed by atoms with van der Waals surface area (Å²) < 4.78 is 1.04. The van der Waals surface area contributed by atoms with E-state index in [-0.39, 0.29) is 0 Å². The van der Waals surface area contributed by atoms with Crippen molar-refractivity contribution in [2.75, 3.05) is 5.75 Å². The van der Waals surface area contributed by atoms with Crippen molar-refractivity contribution >= 4 is 28.2 Å². The Balaban J connectivity index is 2.67. The van der Waals surface area contributed by atoms with E-state index in [1.807, 2.05) is 0 Å². The molecule has 0 fully saturated rings. The average molecular weight is 130 g/mol. The van der Waals surface area contributed by atoms with Gasteiger partial charge in [0.2, 0.25) is 0 Å². The van der Waals surface area contributed by atoms with Crippen molar-refractivity contribution in [3.05, 3.63) is 11.6 Å². The summed E-state index contributed by atoms with van der Waals surface area (Å²) in [7, 11) is 0. The molecule has 0 saturated carbocycles. The van der Waals surface area contributed by atoms with Crippen LogP contribution in [0.15, 0.2) is 11.6 Å². The van der Waals surface area contributed by atoms with Crippen LogP contribution in [-0.2, 0) is 0 Å². The van der Waals surface area contributed by atoms with Gasteiger partial charge in [0.05, 0.1) is 4.20 Å². The van der Waals surface area contributed by atoms with Crippen LogP contribution in [0.3, 0.4) is 0 Å². The second-order valence-corrected chi connectivity index (χ2v) is 3.31. The van der Waals surface area contributed by atoms with Crippen LogP contribution < -0.4 is 0 Å². The molecule has 1 aliphatic heterocycles. The Kier molecular flexibility index (Phi) is 1.50. The lowest BCUT2D eigenvalue weighted by Gasteiger charge is -1.79. The molecule has 0 aromatic heterocycles. The maximum absolute atomic E-state index is 4.88. The molecule has 1 rings (SSSR count). The highest BCUT2D eigenvalue weighted by molar-refractivity contribution is 8.24. The molecule has 0 atom stereocenters. The van der Waals surface area contributed by atoms with Gasteiger partial charge in [0, 0.05) is 5.75 Å². The molecule has 0 amide bonds. The van der Waals surface area contributed by atoms with Crippen molar-refractivity contribution in [3.63, 3.8) is 0 Å². The quantitative estimate of drug-likeness (QED) is 0.460. The van der Waals surface area contributed by atoms with Gasteiger partial charge in [-0.05, 0) is 13.0 Å². The Labute approximate surface area is 53.0 Å². The molecule has 0 unspecified atom stereocenters. The molecular formula is C5H6S2. The fourth-order valence-electron chi connectivity index (χ4n) is 0.469. The van der Waals surface area contributed by atoms with E-state index in [0.29, 0.717) is 0 Å². The number of rotatable bonds is 0. The molecular weight excluding hydrogens is 124 g/mol. The third-order valence-electron chi connectivity index (χ3n) is 0.806. The Hall–Kier alpha value is 0.180. The smallest absolute Gasteiger partial charge is 0.0708 e. The topological polar surface area (TPSA) is 0 Å². The molecule has 1 aliphatic rings. The average Bonchev–Trinajstić information content (AvgIpc) is 1.87. The van der Waals surface area contributed by atoms with Crippen molar-refractivity contribution in [1.29, 1.82) is 0 Å². The third-order valence-corrected chi connectivity index (χ3v) is 2.28.